The lowest BCUT2D eigenvalue weighted by Crippen LogP contribution is -2.10. The zero-order valence-corrected chi connectivity index (χ0v) is 13.4. The van der Waals surface area contributed by atoms with Crippen LogP contribution in [0, 0.1) is 0 Å². The Hall–Kier alpha value is -2.41. The van der Waals surface area contributed by atoms with Crippen LogP contribution in [0.2, 0.25) is 0 Å². The number of benzene rings is 2. The maximum Gasteiger partial charge on any atom is 0.0702 e. The van der Waals surface area contributed by atoms with Crippen molar-refractivity contribution >= 4 is 0 Å². The van der Waals surface area contributed by atoms with Crippen LogP contribution in [0.15, 0.2) is 72.9 Å². The zero-order chi connectivity index (χ0) is 15.6. The van der Waals surface area contributed by atoms with Crippen molar-refractivity contribution in [2.45, 2.75) is 26.2 Å². The van der Waals surface area contributed by atoms with Crippen LogP contribution >= 0.6 is 0 Å². The minimum atomic E-state index is 0.161. The molecule has 22 heavy (non-hydrogen) atoms. The monoisotopic (exact) mass is 287 g/mol. The van der Waals surface area contributed by atoms with Crippen LogP contribution in [0.5, 0.6) is 0 Å². The molecule has 3 aromatic rings. The molecule has 0 atom stereocenters. The minimum Gasteiger partial charge on any atom is -0.256 e. The van der Waals surface area contributed by atoms with Gasteiger partial charge >= 0.3 is 0 Å². The average molecular weight is 287 g/mol. The molecule has 1 nitrogen and oxygen atoms in total. The van der Waals surface area contributed by atoms with Crippen molar-refractivity contribution in [1.29, 1.82) is 0 Å². The van der Waals surface area contributed by atoms with E-state index in [4.69, 9.17) is 0 Å². The van der Waals surface area contributed by atoms with Gasteiger partial charge < -0.3 is 0 Å². The number of pyridine rings is 1. The molecule has 0 N–H and O–H groups in total. The van der Waals surface area contributed by atoms with E-state index < -0.39 is 0 Å². The van der Waals surface area contributed by atoms with E-state index >= 15 is 0 Å². The van der Waals surface area contributed by atoms with Crippen molar-refractivity contribution in [2.75, 3.05) is 0 Å². The highest BCUT2D eigenvalue weighted by Crippen LogP contribution is 2.29. The SMILES string of the molecule is CC(C)(C)c1cccc(-c2cccc(-c3ccccn3)c2)c1. The van der Waals surface area contributed by atoms with Gasteiger partial charge in [-0.15, -0.1) is 0 Å². The van der Waals surface area contributed by atoms with Crippen LogP contribution in [-0.2, 0) is 5.41 Å². The summed E-state index contributed by atoms with van der Waals surface area (Å²) >= 11 is 0. The highest BCUT2D eigenvalue weighted by atomic mass is 14.7. The van der Waals surface area contributed by atoms with Gasteiger partial charge in [0.25, 0.3) is 0 Å². The van der Waals surface area contributed by atoms with Gasteiger partial charge in [-0.3, -0.25) is 4.98 Å². The summed E-state index contributed by atoms with van der Waals surface area (Å²) in [5.74, 6) is 0. The molecule has 0 spiro atoms. The number of hydrogen-bond acceptors (Lipinski definition) is 1. The Morgan fingerprint density at radius 1 is 0.682 bits per heavy atom. The molecule has 0 radical (unpaired) electrons. The van der Waals surface area contributed by atoms with Gasteiger partial charge in [0.05, 0.1) is 5.69 Å². The summed E-state index contributed by atoms with van der Waals surface area (Å²) in [7, 11) is 0. The highest BCUT2D eigenvalue weighted by molar-refractivity contribution is 5.71. The van der Waals surface area contributed by atoms with E-state index in [9.17, 15) is 0 Å². The highest BCUT2D eigenvalue weighted by Gasteiger charge is 2.14. The van der Waals surface area contributed by atoms with Gasteiger partial charge in [0.15, 0.2) is 0 Å². The minimum absolute atomic E-state index is 0.161. The second kappa shape index (κ2) is 5.76. The van der Waals surface area contributed by atoms with Crippen molar-refractivity contribution in [3.63, 3.8) is 0 Å². The Morgan fingerprint density at radius 3 is 2.05 bits per heavy atom. The van der Waals surface area contributed by atoms with Crippen LogP contribution < -0.4 is 0 Å². The Morgan fingerprint density at radius 2 is 1.36 bits per heavy atom. The molecule has 0 bridgehead atoms. The molecule has 0 saturated carbocycles. The number of aromatic nitrogens is 1. The number of hydrogen-bond donors (Lipinski definition) is 0. The normalized spacial score (nSPS) is 11.4. The first-order chi connectivity index (χ1) is 10.5. The molecule has 1 heteroatoms. The second-order valence-corrected chi connectivity index (χ2v) is 6.63. The van der Waals surface area contributed by atoms with Crippen LogP contribution in [0.4, 0.5) is 0 Å². The van der Waals surface area contributed by atoms with E-state index in [1.807, 2.05) is 24.4 Å². The molecule has 0 amide bonds. The summed E-state index contributed by atoms with van der Waals surface area (Å²) in [6.45, 7) is 6.74. The largest absolute Gasteiger partial charge is 0.256 e. The standard InChI is InChI=1S/C21H21N/c1-21(2,3)19-11-7-9-17(15-19)16-8-6-10-18(14-16)20-12-4-5-13-22-20/h4-15H,1-3H3. The molecule has 0 saturated heterocycles. The third kappa shape index (κ3) is 3.09. The fourth-order valence-corrected chi connectivity index (χ4v) is 2.56. The molecule has 1 aromatic heterocycles. The summed E-state index contributed by atoms with van der Waals surface area (Å²) in [5, 5.41) is 0. The molecule has 0 fully saturated rings. The molecule has 0 aliphatic carbocycles. The van der Waals surface area contributed by atoms with Crippen molar-refractivity contribution in [2.24, 2.45) is 0 Å². The topological polar surface area (TPSA) is 12.9 Å². The van der Waals surface area contributed by atoms with E-state index in [0.29, 0.717) is 0 Å². The zero-order valence-electron chi connectivity index (χ0n) is 13.4. The fraction of sp³-hybridized carbons (Fsp3) is 0.190. The van der Waals surface area contributed by atoms with Gasteiger partial charge in [-0.2, -0.15) is 0 Å². The fourth-order valence-electron chi connectivity index (χ4n) is 2.56. The maximum absolute atomic E-state index is 4.44. The van der Waals surface area contributed by atoms with E-state index in [2.05, 4.69) is 74.3 Å². The average Bonchev–Trinajstić information content (AvgIpc) is 2.55. The first kappa shape index (κ1) is 14.5. The van der Waals surface area contributed by atoms with E-state index in [-0.39, 0.29) is 5.41 Å². The molecule has 110 valence electrons. The molecule has 1 heterocycles. The Balaban J connectivity index is 2.03. The van der Waals surface area contributed by atoms with Crippen LogP contribution in [0.1, 0.15) is 26.3 Å². The molecule has 3 rings (SSSR count). The maximum atomic E-state index is 4.44. The van der Waals surface area contributed by atoms with Gasteiger partial charge in [0.1, 0.15) is 0 Å². The second-order valence-electron chi connectivity index (χ2n) is 6.63. The number of nitrogens with zero attached hydrogens (tertiary/aromatic N) is 1. The lowest BCUT2D eigenvalue weighted by atomic mass is 9.85. The van der Waals surface area contributed by atoms with Crippen molar-refractivity contribution in [3.05, 3.63) is 78.5 Å². The Labute approximate surface area is 132 Å². The van der Waals surface area contributed by atoms with E-state index in [0.717, 1.165) is 11.3 Å². The predicted octanol–water partition coefficient (Wildman–Crippen LogP) is 5.71. The Kier molecular flexibility index (Phi) is 3.81. The molecular weight excluding hydrogens is 266 g/mol. The summed E-state index contributed by atoms with van der Waals surface area (Å²) in [6, 6.07) is 23.4. The predicted molar refractivity (Wildman–Crippen MR) is 93.8 cm³/mol. The number of rotatable bonds is 2. The van der Waals surface area contributed by atoms with E-state index in [1.54, 1.807) is 0 Å². The lowest BCUT2D eigenvalue weighted by Gasteiger charge is -2.20. The summed E-state index contributed by atoms with van der Waals surface area (Å²) < 4.78 is 0. The third-order valence-electron chi connectivity index (χ3n) is 3.89. The van der Waals surface area contributed by atoms with Gasteiger partial charge in [0, 0.05) is 11.8 Å². The van der Waals surface area contributed by atoms with Crippen LogP contribution in [-0.4, -0.2) is 4.98 Å². The smallest absolute Gasteiger partial charge is 0.0702 e. The van der Waals surface area contributed by atoms with Gasteiger partial charge in [-0.25, -0.2) is 0 Å². The molecule has 2 aromatic carbocycles. The third-order valence-corrected chi connectivity index (χ3v) is 3.89. The van der Waals surface area contributed by atoms with Gasteiger partial charge in [0.2, 0.25) is 0 Å². The first-order valence-electron chi connectivity index (χ1n) is 7.66. The van der Waals surface area contributed by atoms with Crippen molar-refractivity contribution in [3.8, 4) is 22.4 Å². The molecule has 0 aliphatic heterocycles. The van der Waals surface area contributed by atoms with E-state index in [1.165, 1.54) is 16.7 Å². The lowest BCUT2D eigenvalue weighted by molar-refractivity contribution is 0.590. The Bertz CT molecular complexity index is 767. The molecule has 0 aliphatic rings. The molecular formula is C21H21N. The summed E-state index contributed by atoms with van der Waals surface area (Å²) in [4.78, 5) is 4.44. The van der Waals surface area contributed by atoms with Crippen molar-refractivity contribution < 1.29 is 0 Å². The van der Waals surface area contributed by atoms with Gasteiger partial charge in [-0.1, -0.05) is 69.3 Å². The van der Waals surface area contributed by atoms with Gasteiger partial charge in [-0.05, 0) is 40.3 Å². The quantitative estimate of drug-likeness (QED) is 0.588. The van der Waals surface area contributed by atoms with Crippen LogP contribution in [0.25, 0.3) is 22.4 Å². The summed E-state index contributed by atoms with van der Waals surface area (Å²) in [5.41, 5.74) is 6.16. The molecule has 0 unspecified atom stereocenters. The first-order valence-corrected chi connectivity index (χ1v) is 7.66. The van der Waals surface area contributed by atoms with Crippen LogP contribution in [0.3, 0.4) is 0 Å². The summed E-state index contributed by atoms with van der Waals surface area (Å²) in [6.07, 6.45) is 1.84. The van der Waals surface area contributed by atoms with Crippen molar-refractivity contribution in [1.82, 2.24) is 4.98 Å².